The lowest BCUT2D eigenvalue weighted by atomic mass is 9.88. The molecule has 1 saturated carbocycles. The highest BCUT2D eigenvalue weighted by atomic mass is 35.5. The van der Waals surface area contributed by atoms with E-state index in [9.17, 15) is 46.8 Å². The van der Waals surface area contributed by atoms with Crippen LogP contribution in [-0.2, 0) is 38.7 Å². The van der Waals surface area contributed by atoms with E-state index in [1.807, 2.05) is 6.92 Å². The van der Waals surface area contributed by atoms with Gasteiger partial charge in [0, 0.05) is 36.7 Å². The number of ether oxygens (including phenoxy) is 5. The van der Waals surface area contributed by atoms with Crippen molar-refractivity contribution < 1.29 is 70.5 Å². The lowest BCUT2D eigenvalue weighted by Gasteiger charge is -2.18. The third-order valence-electron chi connectivity index (χ3n) is 17.8. The highest BCUT2D eigenvalue weighted by Crippen LogP contribution is 2.51. The maximum Gasteiger partial charge on any atom is 0.339 e. The molecule has 5 aromatic carbocycles. The zero-order valence-corrected chi connectivity index (χ0v) is 63.8. The van der Waals surface area contributed by atoms with Crippen molar-refractivity contribution in [1.29, 1.82) is 0 Å². The van der Waals surface area contributed by atoms with Gasteiger partial charge in [-0.05, 0) is 144 Å². The topological polar surface area (TPSA) is 256 Å². The van der Waals surface area contributed by atoms with Gasteiger partial charge in [0.25, 0.3) is 0 Å². The number of carbonyl (C=O) groups is 8. The molecule has 0 bridgehead atoms. The van der Waals surface area contributed by atoms with E-state index in [2.05, 4.69) is 29.8 Å². The Kier molecular flexibility index (Phi) is 38.2. The van der Waals surface area contributed by atoms with Crippen LogP contribution in [-0.4, -0.2) is 108 Å². The number of carbonyl (C=O) groups excluding carboxylic acids is 8. The predicted molar refractivity (Wildman–Crippen MR) is 401 cm³/mol. The predicted octanol–water partition coefficient (Wildman–Crippen LogP) is 18.7. The molecule has 19 nitrogen and oxygen atoms in total. The number of methoxy groups -OCH3 is 3. The van der Waals surface area contributed by atoms with E-state index in [0.29, 0.717) is 41.4 Å². The van der Waals surface area contributed by atoms with Gasteiger partial charge in [0.1, 0.15) is 17.2 Å². The van der Waals surface area contributed by atoms with Crippen LogP contribution in [0.2, 0.25) is 15.1 Å². The molecule has 1 fully saturated rings. The lowest BCUT2D eigenvalue weighted by molar-refractivity contribution is -0.134. The average Bonchev–Trinajstić information content (AvgIpc) is 1.63. The molecule has 0 saturated heterocycles. The van der Waals surface area contributed by atoms with Crippen molar-refractivity contribution in [3.05, 3.63) is 134 Å². The van der Waals surface area contributed by atoms with Gasteiger partial charge in [0.15, 0.2) is 17.3 Å². The van der Waals surface area contributed by atoms with Crippen molar-refractivity contribution in [1.82, 2.24) is 4.31 Å². The van der Waals surface area contributed by atoms with Crippen LogP contribution in [0.4, 0.5) is 17.1 Å². The molecule has 0 aromatic heterocycles. The van der Waals surface area contributed by atoms with Crippen LogP contribution in [0.1, 0.15) is 231 Å². The lowest BCUT2D eigenvalue weighted by Crippen LogP contribution is -2.32. The summed E-state index contributed by atoms with van der Waals surface area (Å²) in [5.41, 5.74) is 1.63. The average molecular weight is 1480 g/mol. The molecule has 0 heterocycles. The van der Waals surface area contributed by atoms with Crippen molar-refractivity contribution in [2.24, 2.45) is 23.2 Å². The van der Waals surface area contributed by atoms with E-state index in [1.165, 1.54) is 175 Å². The van der Waals surface area contributed by atoms with Gasteiger partial charge in [-0.3, -0.25) is 28.8 Å². The molecule has 0 spiro atoms. The summed E-state index contributed by atoms with van der Waals surface area (Å²) in [6, 6.07) is 24.5. The molecule has 1 aliphatic rings. The number of nitrogens with zero attached hydrogens (tertiary/aromatic N) is 1. The number of benzene rings is 5. The molecular weight excluding hydrogens is 1370 g/mol. The van der Waals surface area contributed by atoms with E-state index in [4.69, 9.17) is 58.5 Å². The second kappa shape index (κ2) is 44.9. The SMILES string of the molecule is CCCCCCCCCCCCOC(=O)c1cc(NC(=O)C(C)C(=O)C2(CC)CC2)c(Cl)cc1Cl.CCCCCCCCCCCCOC(=O)c1ccc(Cl)c(NC(=O)C(C)C(=O)c2ccc(OC)cc2)c1.COc1ccc(C(=O)C(C)C(=O)Nc2ccc(S(=O)(=O)N(C)C)cc2OC)cc1. The Bertz CT molecular complexity index is 3620. The quantitative estimate of drug-likeness (QED) is 0.0142. The van der Waals surface area contributed by atoms with Crippen molar-refractivity contribution in [2.45, 2.75) is 194 Å². The third kappa shape index (κ3) is 28.1. The monoisotopic (exact) mass is 1470 g/mol. The summed E-state index contributed by atoms with van der Waals surface area (Å²) >= 11 is 18.7. The zero-order valence-electron chi connectivity index (χ0n) is 60.8. The number of unbranched alkanes of at least 4 members (excludes halogenated alkanes) is 18. The van der Waals surface area contributed by atoms with Gasteiger partial charge in [-0.25, -0.2) is 22.3 Å². The summed E-state index contributed by atoms with van der Waals surface area (Å²) < 4.78 is 51.8. The maximum absolute atomic E-state index is 12.7. The standard InChI is InChI=1S/C30H40ClNO5.C28H41Cl2NO4.C20H24N2O6S/c1-4-5-6-7-8-9-10-11-12-13-20-37-30(35)24-16-19-26(31)27(21-24)32-29(34)22(2)28(33)23-14-17-25(36-3)18-15-23;1-4-6-7-8-9-10-11-12-13-14-17-35-27(34)21-18-24(23(30)19-22(21)29)31-26(33)20(3)25(32)28(5-2)15-16-28;1-13(19(23)14-6-8-15(27-4)9-7-14)20(24)21-17-11-10-16(12-18(17)28-5)29(25,26)22(2)3/h14-19,21-22H,4-13,20H2,1-3H3,(H,32,34);18-20H,4-17H2,1-3H3,(H,31,33);6-13H,1-5H3,(H,21,24). The van der Waals surface area contributed by atoms with E-state index >= 15 is 0 Å². The van der Waals surface area contributed by atoms with E-state index in [0.717, 1.165) is 62.1 Å². The van der Waals surface area contributed by atoms with Crippen LogP contribution in [0.3, 0.4) is 0 Å². The van der Waals surface area contributed by atoms with E-state index < -0.39 is 57.4 Å². The second-order valence-corrected chi connectivity index (χ2v) is 29.0. The van der Waals surface area contributed by atoms with Gasteiger partial charge in [-0.1, -0.05) is 171 Å². The van der Waals surface area contributed by atoms with Crippen molar-refractivity contribution >= 4 is 109 Å². The smallest absolute Gasteiger partial charge is 0.339 e. The first-order valence-corrected chi connectivity index (χ1v) is 37.9. The van der Waals surface area contributed by atoms with E-state index in [-0.39, 0.29) is 71.1 Å². The molecule has 3 unspecified atom stereocenters. The van der Waals surface area contributed by atoms with E-state index in [1.54, 1.807) is 68.6 Å². The highest BCUT2D eigenvalue weighted by Gasteiger charge is 2.50. The second-order valence-electron chi connectivity index (χ2n) is 25.6. The maximum atomic E-state index is 12.7. The number of ketones is 3. The molecule has 0 radical (unpaired) electrons. The van der Waals surface area contributed by atoms with Gasteiger partial charge in [-0.2, -0.15) is 0 Å². The van der Waals surface area contributed by atoms with Gasteiger partial charge in [-0.15, -0.1) is 0 Å². The largest absolute Gasteiger partial charge is 0.497 e. The minimum Gasteiger partial charge on any atom is -0.497 e. The number of esters is 2. The molecule has 3 atom stereocenters. The van der Waals surface area contributed by atoms with Crippen LogP contribution in [0.25, 0.3) is 0 Å². The number of amides is 3. The summed E-state index contributed by atoms with van der Waals surface area (Å²) in [4.78, 5) is 101. The van der Waals surface area contributed by atoms with Gasteiger partial charge in [0.05, 0.1) is 100 Å². The molecule has 0 aliphatic heterocycles. The molecule has 6 rings (SSSR count). The Hall–Kier alpha value is -7.36. The zero-order chi connectivity index (χ0) is 74.7. The number of Topliss-reactive ketones (excluding diaryl/α,β-unsaturated/α-hetero) is 3. The number of hydrogen-bond acceptors (Lipinski definition) is 15. The minimum absolute atomic E-state index is 0.0275. The molecule has 23 heteroatoms. The summed E-state index contributed by atoms with van der Waals surface area (Å²) in [6.07, 6.45) is 26.5. The van der Waals surface area contributed by atoms with Crippen LogP contribution in [0, 0.1) is 23.2 Å². The highest BCUT2D eigenvalue weighted by molar-refractivity contribution is 7.89. The summed E-state index contributed by atoms with van der Waals surface area (Å²) in [5, 5.41) is 8.61. The number of hydrogen-bond donors (Lipinski definition) is 3. The minimum atomic E-state index is -3.65. The summed E-state index contributed by atoms with van der Waals surface area (Å²) in [7, 11) is 3.62. The summed E-state index contributed by atoms with van der Waals surface area (Å²) in [6.45, 7) is 11.7. The first-order chi connectivity index (χ1) is 48.2. The fourth-order valence-electron chi connectivity index (χ4n) is 10.8. The number of sulfonamides is 1. The Morgan fingerprint density at radius 1 is 0.455 bits per heavy atom. The Balaban J connectivity index is 0.000000324. The van der Waals surface area contributed by atoms with Crippen molar-refractivity contribution in [3.8, 4) is 17.2 Å². The summed E-state index contributed by atoms with van der Waals surface area (Å²) in [5.74, 6) is -4.53. The van der Waals surface area contributed by atoms with Crippen LogP contribution < -0.4 is 30.2 Å². The first kappa shape index (κ1) is 86.0. The van der Waals surface area contributed by atoms with Crippen molar-refractivity contribution in [2.75, 3.05) is 64.6 Å². The molecule has 1 aliphatic carbocycles. The van der Waals surface area contributed by atoms with Gasteiger partial charge >= 0.3 is 11.9 Å². The number of halogens is 3. The Morgan fingerprint density at radius 3 is 1.28 bits per heavy atom. The Morgan fingerprint density at radius 2 is 0.861 bits per heavy atom. The van der Waals surface area contributed by atoms with Crippen molar-refractivity contribution in [3.63, 3.8) is 0 Å². The van der Waals surface area contributed by atoms with Crippen LogP contribution in [0.15, 0.2) is 102 Å². The Labute approximate surface area is 613 Å². The molecule has 5 aromatic rings. The third-order valence-corrected chi connectivity index (χ3v) is 20.6. The fraction of sp³-hybridized carbons (Fsp3) is 0.513. The molecular formula is C78H105Cl3N4O15S. The number of rotatable bonds is 42. The number of nitrogens with one attached hydrogen (secondary N) is 3. The first-order valence-electron chi connectivity index (χ1n) is 35.3. The number of anilines is 3. The normalized spacial score (nSPS) is 12.9. The molecule has 3 N–H and O–H groups in total. The molecule has 3 amide bonds. The van der Waals surface area contributed by atoms with Crippen LogP contribution >= 0.6 is 34.8 Å². The van der Waals surface area contributed by atoms with Gasteiger partial charge < -0.3 is 39.6 Å². The molecule has 101 heavy (non-hydrogen) atoms. The van der Waals surface area contributed by atoms with Gasteiger partial charge in [0.2, 0.25) is 27.7 Å². The van der Waals surface area contributed by atoms with Crippen LogP contribution in [0.5, 0.6) is 17.2 Å². The molecule has 554 valence electrons. The fourth-order valence-corrected chi connectivity index (χ4v) is 12.4.